The summed E-state index contributed by atoms with van der Waals surface area (Å²) in [7, 11) is 3.82. The van der Waals surface area contributed by atoms with Crippen LogP contribution in [-0.2, 0) is 19.8 Å². The van der Waals surface area contributed by atoms with Crippen LogP contribution in [0.2, 0.25) is 0 Å². The van der Waals surface area contributed by atoms with E-state index in [0.717, 1.165) is 44.6 Å². The van der Waals surface area contributed by atoms with Gasteiger partial charge in [-0.25, -0.2) is 0 Å². The summed E-state index contributed by atoms with van der Waals surface area (Å²) in [5, 5.41) is 1.85. The molecular formula is C34H24F2N5Os-3. The van der Waals surface area contributed by atoms with Crippen LogP contribution in [0.3, 0.4) is 0 Å². The molecule has 3 heterocycles. The van der Waals surface area contributed by atoms with Gasteiger partial charge < -0.3 is 24.2 Å². The van der Waals surface area contributed by atoms with Crippen LogP contribution in [0.5, 0.6) is 0 Å². The van der Waals surface area contributed by atoms with Gasteiger partial charge in [0.2, 0.25) is 0 Å². The van der Waals surface area contributed by atoms with Crippen molar-refractivity contribution < 1.29 is 28.6 Å². The Morgan fingerprint density at radius 2 is 0.929 bits per heavy atom. The van der Waals surface area contributed by atoms with Gasteiger partial charge in [0, 0.05) is 59.0 Å². The minimum Gasteiger partial charge on any atom is -0.504 e. The molecule has 8 rings (SSSR count). The largest absolute Gasteiger partial charge is 0.504 e. The fraction of sp³-hybridized carbons (Fsp3) is 0.0588. The van der Waals surface area contributed by atoms with Gasteiger partial charge in [-0.3, -0.25) is 8.78 Å². The molecule has 0 amide bonds. The molecule has 0 spiro atoms. The molecule has 0 N–H and O–H groups in total. The number of nitrogens with zero attached hydrogens (tertiary/aromatic N) is 5. The van der Waals surface area contributed by atoms with Crippen LogP contribution in [0, 0.1) is 31.0 Å². The third-order valence-corrected chi connectivity index (χ3v) is 7.97. The van der Waals surface area contributed by atoms with Crippen molar-refractivity contribution in [3.63, 3.8) is 0 Å². The molecule has 42 heavy (non-hydrogen) atoms. The number of rotatable bonds is 3. The second kappa shape index (κ2) is 9.85. The molecule has 5 aromatic carbocycles. The quantitative estimate of drug-likeness (QED) is 0.171. The van der Waals surface area contributed by atoms with Crippen LogP contribution < -0.4 is 19.6 Å². The van der Waals surface area contributed by atoms with E-state index in [1.54, 1.807) is 14.4 Å². The molecule has 0 fully saturated rings. The molecule has 6 aromatic rings. The van der Waals surface area contributed by atoms with E-state index in [4.69, 9.17) is 0 Å². The smallest absolute Gasteiger partial charge is 0.0552 e. The molecule has 5 nitrogen and oxygen atoms in total. The second-order valence-electron chi connectivity index (χ2n) is 10.3. The van der Waals surface area contributed by atoms with Gasteiger partial charge in [-0.15, -0.1) is 6.07 Å². The van der Waals surface area contributed by atoms with Gasteiger partial charge in [-0.2, -0.15) is 13.3 Å². The summed E-state index contributed by atoms with van der Waals surface area (Å²) in [6, 6.07) is 34.1. The van der Waals surface area contributed by atoms with E-state index in [-0.39, 0.29) is 36.9 Å². The Kier molecular flexibility index (Phi) is 6.22. The zero-order chi connectivity index (χ0) is 27.8. The maximum atomic E-state index is 17.1. The maximum absolute atomic E-state index is 17.1. The summed E-state index contributed by atoms with van der Waals surface area (Å²) < 4.78 is 35.8. The topological polar surface area (TPSA) is 17.9 Å². The summed E-state index contributed by atoms with van der Waals surface area (Å²) in [4.78, 5) is 7.35. The zero-order valence-electron chi connectivity index (χ0n) is 22.7. The standard InChI is InChI=1S/C34H24F2N5.Os/c1-37-20-39(28-17-9-7-15-26(28)37)30-19-31(40-21-38(2)27-16-8-10-18-29(27)40)33(36)34(32(30)35)41-24-13-5-3-11-22(24)23-12-4-6-14-25(23)41;/h3-18,20-21H,1-2H3;/q-3;. The van der Waals surface area contributed by atoms with E-state index in [2.05, 4.69) is 6.07 Å². The SMILES string of the molecule is CN1[CH-]N(c2[c-]c(N3[CH-]N(C)c4ccccc43)c(F)c(-n3c4ccccc4c4ccccc43)c2F)c2ccccc21.[Os]. The van der Waals surface area contributed by atoms with Crippen LogP contribution >= 0.6 is 0 Å². The first kappa shape index (κ1) is 26.5. The van der Waals surface area contributed by atoms with E-state index >= 15 is 8.78 Å². The van der Waals surface area contributed by atoms with Gasteiger partial charge in [0.05, 0.1) is 22.7 Å². The summed E-state index contributed by atoms with van der Waals surface area (Å²) in [6.07, 6.45) is 0. The zero-order valence-corrected chi connectivity index (χ0v) is 25.3. The Bertz CT molecular complexity index is 1870. The molecule has 0 bridgehead atoms. The number of fused-ring (bicyclic) bond motifs is 5. The van der Waals surface area contributed by atoms with Crippen molar-refractivity contribution in [3.8, 4) is 5.69 Å². The Morgan fingerprint density at radius 3 is 1.38 bits per heavy atom. The van der Waals surface area contributed by atoms with Crippen molar-refractivity contribution >= 4 is 55.9 Å². The van der Waals surface area contributed by atoms with Crippen molar-refractivity contribution in [2.24, 2.45) is 0 Å². The molecule has 1 aromatic heterocycles. The number of para-hydroxylation sites is 6. The van der Waals surface area contributed by atoms with Gasteiger partial charge in [-0.1, -0.05) is 72.0 Å². The third-order valence-electron chi connectivity index (χ3n) is 7.97. The Labute approximate surface area is 255 Å². The minimum absolute atomic E-state index is 0. The van der Waals surface area contributed by atoms with E-state index in [9.17, 15) is 0 Å². The fourth-order valence-electron chi connectivity index (χ4n) is 6.12. The Balaban J connectivity index is 0.00000288. The number of aromatic nitrogens is 1. The molecule has 2 aliphatic heterocycles. The molecule has 0 saturated carbocycles. The van der Waals surface area contributed by atoms with E-state index in [1.165, 1.54) is 0 Å². The summed E-state index contributed by atoms with van der Waals surface area (Å²) >= 11 is 0. The van der Waals surface area contributed by atoms with Crippen molar-refractivity contribution in [2.45, 2.75) is 0 Å². The third kappa shape index (κ3) is 3.68. The first-order chi connectivity index (χ1) is 20.0. The predicted molar refractivity (Wildman–Crippen MR) is 162 cm³/mol. The van der Waals surface area contributed by atoms with Crippen LogP contribution in [0.25, 0.3) is 27.5 Å². The van der Waals surface area contributed by atoms with Crippen LogP contribution in [0.1, 0.15) is 0 Å². The van der Waals surface area contributed by atoms with Gasteiger partial charge in [0.1, 0.15) is 0 Å². The number of hydrogen-bond donors (Lipinski definition) is 0. The molecule has 0 unspecified atom stereocenters. The first-order valence-corrected chi connectivity index (χ1v) is 13.4. The molecule has 0 radical (unpaired) electrons. The first-order valence-electron chi connectivity index (χ1n) is 13.4. The summed E-state index contributed by atoms with van der Waals surface area (Å²) in [5.74, 6) is -1.39. The maximum Gasteiger partial charge on any atom is 0.0552 e. The molecule has 210 valence electrons. The van der Waals surface area contributed by atoms with Gasteiger partial charge >= 0.3 is 0 Å². The van der Waals surface area contributed by atoms with Gasteiger partial charge in [0.25, 0.3) is 0 Å². The molecule has 8 heteroatoms. The predicted octanol–water partition coefficient (Wildman–Crippen LogP) is 8.27. The van der Waals surface area contributed by atoms with Crippen LogP contribution in [-0.4, -0.2) is 18.7 Å². The fourth-order valence-corrected chi connectivity index (χ4v) is 6.12. The van der Waals surface area contributed by atoms with E-state index in [0.29, 0.717) is 0 Å². The van der Waals surface area contributed by atoms with Crippen molar-refractivity contribution in [3.05, 3.63) is 128 Å². The summed E-state index contributed by atoms with van der Waals surface area (Å²) in [5.41, 5.74) is 4.99. The van der Waals surface area contributed by atoms with Crippen molar-refractivity contribution in [1.29, 1.82) is 0 Å². The van der Waals surface area contributed by atoms with Gasteiger partial charge in [0.15, 0.2) is 0 Å². The van der Waals surface area contributed by atoms with Gasteiger partial charge in [-0.05, 0) is 50.5 Å². The molecule has 0 aliphatic carbocycles. The number of hydrogen-bond acceptors (Lipinski definition) is 4. The normalized spacial score (nSPS) is 14.1. The minimum atomic E-state index is -0.694. The molecule has 0 saturated heterocycles. The van der Waals surface area contributed by atoms with Crippen LogP contribution in [0.4, 0.5) is 42.9 Å². The van der Waals surface area contributed by atoms with E-state index < -0.39 is 11.6 Å². The van der Waals surface area contributed by atoms with Crippen molar-refractivity contribution in [1.82, 2.24) is 4.57 Å². The number of halogens is 2. The molecule has 2 aliphatic rings. The Morgan fingerprint density at radius 1 is 0.548 bits per heavy atom. The molecular weight excluding hydrogens is 707 g/mol. The second-order valence-corrected chi connectivity index (χ2v) is 10.3. The summed E-state index contributed by atoms with van der Waals surface area (Å²) in [6.45, 7) is 3.62. The van der Waals surface area contributed by atoms with Crippen molar-refractivity contribution in [2.75, 3.05) is 33.7 Å². The number of benzene rings is 5. The van der Waals surface area contributed by atoms with Crippen LogP contribution in [0.15, 0.2) is 97.1 Å². The van der Waals surface area contributed by atoms with E-state index in [1.807, 2.05) is 134 Å². The Hall–Kier alpha value is -4.40. The monoisotopic (exact) mass is 732 g/mol. The average molecular weight is 731 g/mol. The molecule has 0 atom stereocenters. The average Bonchev–Trinajstić information content (AvgIpc) is 3.64. The number of anilines is 6.